The summed E-state index contributed by atoms with van der Waals surface area (Å²) in [7, 11) is 0. The van der Waals surface area contributed by atoms with E-state index in [2.05, 4.69) is 60.4 Å². The van der Waals surface area contributed by atoms with Gasteiger partial charge in [-0.25, -0.2) is 0 Å². The Morgan fingerprint density at radius 2 is 1.79 bits per heavy atom. The molecule has 1 heterocycles. The molecule has 2 aromatic carbocycles. The molecule has 0 saturated carbocycles. The molecule has 0 bridgehead atoms. The molecule has 0 saturated heterocycles. The molecular weight excluding hydrogens is 250 g/mol. The highest BCUT2D eigenvalue weighted by atomic mass is 32.1. The molecule has 0 fully saturated rings. The summed E-state index contributed by atoms with van der Waals surface area (Å²) in [6, 6.07) is 19.0. The van der Waals surface area contributed by atoms with Crippen LogP contribution in [0.3, 0.4) is 0 Å². The Morgan fingerprint density at radius 1 is 1.00 bits per heavy atom. The molecule has 94 valence electrons. The van der Waals surface area contributed by atoms with Crippen LogP contribution in [0.15, 0.2) is 54.6 Å². The van der Waals surface area contributed by atoms with E-state index in [4.69, 9.17) is 12.2 Å². The number of aromatic nitrogens is 1. The van der Waals surface area contributed by atoms with Crippen LogP contribution in [0.2, 0.25) is 0 Å². The largest absolute Gasteiger partial charge is 0.346 e. The van der Waals surface area contributed by atoms with Gasteiger partial charge in [-0.3, -0.25) is 0 Å². The lowest BCUT2D eigenvalue weighted by atomic mass is 10.0. The molecule has 1 aromatic heterocycles. The fourth-order valence-electron chi connectivity index (χ4n) is 2.32. The van der Waals surface area contributed by atoms with Crippen molar-refractivity contribution in [2.75, 3.05) is 0 Å². The number of fused-ring (bicyclic) bond motifs is 1. The van der Waals surface area contributed by atoms with E-state index >= 15 is 0 Å². The predicted molar refractivity (Wildman–Crippen MR) is 83.1 cm³/mol. The number of rotatable bonds is 2. The fourth-order valence-corrected chi connectivity index (χ4v) is 2.56. The summed E-state index contributed by atoms with van der Waals surface area (Å²) in [5, 5.41) is 1.22. The van der Waals surface area contributed by atoms with Crippen molar-refractivity contribution < 1.29 is 0 Å². The minimum absolute atomic E-state index is 0.834. The average Bonchev–Trinajstić information content (AvgIpc) is 2.41. The van der Waals surface area contributed by atoms with Crippen molar-refractivity contribution in [3.8, 4) is 0 Å². The molecule has 1 N–H and O–H groups in total. The summed E-state index contributed by atoms with van der Waals surface area (Å²) in [5.41, 5.74) is 4.84. The van der Waals surface area contributed by atoms with E-state index in [1.165, 1.54) is 22.1 Å². The van der Waals surface area contributed by atoms with Crippen LogP contribution in [0.4, 0.5) is 0 Å². The molecule has 0 aliphatic heterocycles. The van der Waals surface area contributed by atoms with Crippen LogP contribution in [-0.4, -0.2) is 4.98 Å². The molecule has 0 spiro atoms. The van der Waals surface area contributed by atoms with Gasteiger partial charge in [-0.15, -0.1) is 0 Å². The summed E-state index contributed by atoms with van der Waals surface area (Å²) in [4.78, 5) is 3.32. The summed E-state index contributed by atoms with van der Waals surface area (Å²) in [6.07, 6.45) is 0.875. The molecule has 3 rings (SSSR count). The van der Waals surface area contributed by atoms with Crippen LogP contribution < -0.4 is 0 Å². The molecule has 0 aliphatic rings. The average molecular weight is 265 g/mol. The van der Waals surface area contributed by atoms with Crippen LogP contribution in [0.1, 0.15) is 16.7 Å². The van der Waals surface area contributed by atoms with Crippen molar-refractivity contribution in [2.24, 2.45) is 0 Å². The van der Waals surface area contributed by atoms with Crippen LogP contribution >= 0.6 is 12.2 Å². The van der Waals surface area contributed by atoms with Gasteiger partial charge in [-0.2, -0.15) is 0 Å². The van der Waals surface area contributed by atoms with Crippen molar-refractivity contribution in [1.29, 1.82) is 0 Å². The minimum atomic E-state index is 0.834. The van der Waals surface area contributed by atoms with E-state index in [1.54, 1.807) is 0 Å². The summed E-state index contributed by atoms with van der Waals surface area (Å²) in [6.45, 7) is 2.11. The van der Waals surface area contributed by atoms with Crippen molar-refractivity contribution >= 4 is 23.1 Å². The second kappa shape index (κ2) is 4.98. The first-order chi connectivity index (χ1) is 9.22. The van der Waals surface area contributed by atoms with Gasteiger partial charge in [0.25, 0.3) is 0 Å². The van der Waals surface area contributed by atoms with Gasteiger partial charge in [-0.1, -0.05) is 54.2 Å². The molecule has 0 aliphatic carbocycles. The predicted octanol–water partition coefficient (Wildman–Crippen LogP) is 4.80. The second-order valence-corrected chi connectivity index (χ2v) is 5.29. The Morgan fingerprint density at radius 3 is 2.58 bits per heavy atom. The topological polar surface area (TPSA) is 15.8 Å². The van der Waals surface area contributed by atoms with Gasteiger partial charge < -0.3 is 4.98 Å². The molecule has 0 atom stereocenters. The molecule has 0 radical (unpaired) electrons. The van der Waals surface area contributed by atoms with Crippen molar-refractivity contribution in [2.45, 2.75) is 13.3 Å². The number of H-pyrrole nitrogens is 1. The number of aromatic amines is 1. The van der Waals surface area contributed by atoms with Crippen LogP contribution in [0.25, 0.3) is 10.9 Å². The number of nitrogens with one attached hydrogen (secondary N) is 1. The maximum Gasteiger partial charge on any atom is 0.107 e. The highest BCUT2D eigenvalue weighted by molar-refractivity contribution is 7.71. The zero-order valence-corrected chi connectivity index (χ0v) is 11.6. The zero-order chi connectivity index (χ0) is 13.2. The quantitative estimate of drug-likeness (QED) is 0.658. The first-order valence-corrected chi connectivity index (χ1v) is 6.80. The Labute approximate surface area is 117 Å². The first kappa shape index (κ1) is 12.1. The van der Waals surface area contributed by atoms with E-state index in [9.17, 15) is 0 Å². The molecule has 2 heteroatoms. The molecule has 0 unspecified atom stereocenters. The molecule has 3 aromatic rings. The third-order valence-electron chi connectivity index (χ3n) is 3.31. The number of aryl methyl sites for hydroxylation is 1. The molecule has 19 heavy (non-hydrogen) atoms. The second-order valence-electron chi connectivity index (χ2n) is 4.88. The van der Waals surface area contributed by atoms with E-state index in [0.29, 0.717) is 0 Å². The summed E-state index contributed by atoms with van der Waals surface area (Å²) < 4.78 is 0.834. The number of pyridine rings is 1. The SMILES string of the molecule is Cc1ccc2[nH]c(=S)c(Cc3ccccc3)cc2c1. The Hall–Kier alpha value is -1.93. The zero-order valence-electron chi connectivity index (χ0n) is 10.8. The van der Waals surface area contributed by atoms with Gasteiger partial charge in [0.15, 0.2) is 0 Å². The van der Waals surface area contributed by atoms with E-state index in [0.717, 1.165) is 16.6 Å². The Kier molecular flexibility index (Phi) is 3.18. The van der Waals surface area contributed by atoms with Gasteiger partial charge >= 0.3 is 0 Å². The van der Waals surface area contributed by atoms with Crippen LogP contribution in [-0.2, 0) is 6.42 Å². The highest BCUT2D eigenvalue weighted by Gasteiger charge is 2.02. The monoisotopic (exact) mass is 265 g/mol. The van der Waals surface area contributed by atoms with E-state index in [-0.39, 0.29) is 0 Å². The van der Waals surface area contributed by atoms with Gasteiger partial charge in [0.1, 0.15) is 4.64 Å². The van der Waals surface area contributed by atoms with Crippen molar-refractivity contribution in [3.63, 3.8) is 0 Å². The molecule has 1 nitrogen and oxygen atoms in total. The third kappa shape index (κ3) is 2.59. The minimum Gasteiger partial charge on any atom is -0.346 e. The van der Waals surface area contributed by atoms with Crippen molar-refractivity contribution in [3.05, 3.63) is 75.9 Å². The lowest BCUT2D eigenvalue weighted by molar-refractivity contribution is 1.15. The van der Waals surface area contributed by atoms with E-state index in [1.807, 2.05) is 6.07 Å². The number of hydrogen-bond acceptors (Lipinski definition) is 1. The standard InChI is InChI=1S/C17H15NS/c1-12-7-8-16-14(9-12)11-15(17(19)18-16)10-13-5-3-2-4-6-13/h2-9,11H,10H2,1H3,(H,18,19). The van der Waals surface area contributed by atoms with Gasteiger partial charge in [0, 0.05) is 11.9 Å². The first-order valence-electron chi connectivity index (χ1n) is 6.39. The van der Waals surface area contributed by atoms with Crippen LogP contribution in [0, 0.1) is 11.6 Å². The maximum atomic E-state index is 5.46. The normalized spacial score (nSPS) is 10.8. The fraction of sp³-hybridized carbons (Fsp3) is 0.118. The lowest BCUT2D eigenvalue weighted by Crippen LogP contribution is -1.92. The van der Waals surface area contributed by atoms with Crippen molar-refractivity contribution in [1.82, 2.24) is 4.98 Å². The number of benzene rings is 2. The number of hydrogen-bond donors (Lipinski definition) is 1. The molecular formula is C17H15NS. The maximum absolute atomic E-state index is 5.46. The molecule has 0 amide bonds. The van der Waals surface area contributed by atoms with Gasteiger partial charge in [-0.05, 0) is 41.6 Å². The summed E-state index contributed by atoms with van der Waals surface area (Å²) >= 11 is 5.46. The highest BCUT2D eigenvalue weighted by Crippen LogP contribution is 2.18. The lowest BCUT2D eigenvalue weighted by Gasteiger charge is -2.06. The Bertz CT molecular complexity index is 772. The third-order valence-corrected chi connectivity index (χ3v) is 3.68. The van der Waals surface area contributed by atoms with Crippen LogP contribution in [0.5, 0.6) is 0 Å². The summed E-state index contributed by atoms with van der Waals surface area (Å²) in [5.74, 6) is 0. The smallest absolute Gasteiger partial charge is 0.107 e. The van der Waals surface area contributed by atoms with E-state index < -0.39 is 0 Å². The van der Waals surface area contributed by atoms with Gasteiger partial charge in [0.05, 0.1) is 0 Å². The Balaban J connectivity index is 2.08. The van der Waals surface area contributed by atoms with Gasteiger partial charge in [0.2, 0.25) is 0 Å².